The van der Waals surface area contributed by atoms with E-state index in [9.17, 15) is 13.2 Å². The molecule has 6 nitrogen and oxygen atoms in total. The van der Waals surface area contributed by atoms with Gasteiger partial charge < -0.3 is 9.16 Å². The molecule has 1 fully saturated rings. The number of sulfonamides is 1. The van der Waals surface area contributed by atoms with Gasteiger partial charge in [-0.15, -0.1) is 0 Å². The lowest BCUT2D eigenvalue weighted by Crippen LogP contribution is -2.48. The molecule has 35 heavy (non-hydrogen) atoms. The highest BCUT2D eigenvalue weighted by atomic mass is 127. The van der Waals surface area contributed by atoms with Crippen LogP contribution in [-0.2, 0) is 24.0 Å². The Bertz CT molecular complexity index is 995. The third-order valence-corrected chi connectivity index (χ3v) is 16.1. The predicted octanol–water partition coefficient (Wildman–Crippen LogP) is 6.45. The van der Waals surface area contributed by atoms with Gasteiger partial charge in [0.15, 0.2) is 8.32 Å². The summed E-state index contributed by atoms with van der Waals surface area (Å²) in [7, 11) is -4.66. The molecule has 0 aromatic heterocycles. The highest BCUT2D eigenvalue weighted by Crippen LogP contribution is 2.44. The zero-order valence-corrected chi connectivity index (χ0v) is 26.6. The third-order valence-electron chi connectivity index (χ3n) is 7.47. The summed E-state index contributed by atoms with van der Waals surface area (Å²) in [6.45, 7) is 18.0. The maximum absolute atomic E-state index is 13.7. The van der Waals surface area contributed by atoms with E-state index in [-0.39, 0.29) is 17.4 Å². The molecular formula is C26H42INO5SSi. The Morgan fingerprint density at radius 3 is 2.03 bits per heavy atom. The smallest absolute Gasteiger partial charge is 0.324 e. The van der Waals surface area contributed by atoms with Crippen LogP contribution >= 0.6 is 22.6 Å². The van der Waals surface area contributed by atoms with E-state index in [1.165, 1.54) is 11.4 Å². The summed E-state index contributed by atoms with van der Waals surface area (Å²) >= 11 is 2.24. The van der Waals surface area contributed by atoms with E-state index in [0.29, 0.717) is 29.7 Å². The van der Waals surface area contributed by atoms with Gasteiger partial charge in [0.25, 0.3) is 0 Å². The van der Waals surface area contributed by atoms with Crippen molar-refractivity contribution in [3.8, 4) is 0 Å². The van der Waals surface area contributed by atoms with Crippen molar-refractivity contribution in [1.29, 1.82) is 0 Å². The van der Waals surface area contributed by atoms with Gasteiger partial charge in [0, 0.05) is 19.1 Å². The number of allylic oxidation sites excluding steroid dienone is 1. The Labute approximate surface area is 227 Å². The van der Waals surface area contributed by atoms with Crippen LogP contribution in [0, 0.1) is 12.8 Å². The number of aryl methyl sites for hydroxylation is 1. The van der Waals surface area contributed by atoms with Crippen LogP contribution in [0.2, 0.25) is 16.6 Å². The molecule has 198 valence electrons. The second-order valence-electron chi connectivity index (χ2n) is 10.5. The largest absolute Gasteiger partial charge is 0.468 e. The second kappa shape index (κ2) is 12.2. The van der Waals surface area contributed by atoms with Crippen LogP contribution in [0.15, 0.2) is 38.3 Å². The number of methoxy groups -OCH3 is 1. The normalized spacial score (nSPS) is 21.3. The van der Waals surface area contributed by atoms with Crippen LogP contribution in [0.25, 0.3) is 0 Å². The minimum atomic E-state index is -3.89. The molecule has 1 aromatic rings. The lowest BCUT2D eigenvalue weighted by molar-refractivity contribution is -0.145. The van der Waals surface area contributed by atoms with Gasteiger partial charge in [-0.3, -0.25) is 4.79 Å². The Morgan fingerprint density at radius 1 is 1.09 bits per heavy atom. The molecule has 0 radical (unpaired) electrons. The molecule has 1 heterocycles. The fraction of sp³-hybridized carbons (Fsp3) is 0.654. The molecule has 0 spiro atoms. The van der Waals surface area contributed by atoms with E-state index in [0.717, 1.165) is 14.7 Å². The van der Waals surface area contributed by atoms with E-state index in [1.54, 1.807) is 24.3 Å². The predicted molar refractivity (Wildman–Crippen MR) is 153 cm³/mol. The van der Waals surface area contributed by atoms with Gasteiger partial charge in [-0.05, 0) is 80.8 Å². The van der Waals surface area contributed by atoms with E-state index in [4.69, 9.17) is 9.16 Å². The molecule has 1 aliphatic heterocycles. The molecule has 9 heteroatoms. The zero-order valence-electron chi connectivity index (χ0n) is 22.6. The fourth-order valence-electron chi connectivity index (χ4n) is 5.82. The maximum Gasteiger partial charge on any atom is 0.324 e. The molecular weight excluding hydrogens is 593 g/mol. The van der Waals surface area contributed by atoms with Gasteiger partial charge in [0.1, 0.15) is 6.04 Å². The monoisotopic (exact) mass is 635 g/mol. The molecule has 0 aliphatic carbocycles. The summed E-state index contributed by atoms with van der Waals surface area (Å²) in [5.74, 6) is -0.823. The molecule has 0 unspecified atom stereocenters. The molecule has 0 N–H and O–H groups in total. The Hall–Kier alpha value is -0.753. The van der Waals surface area contributed by atoms with Crippen molar-refractivity contribution in [2.24, 2.45) is 5.92 Å². The van der Waals surface area contributed by atoms with E-state index in [2.05, 4.69) is 64.1 Å². The van der Waals surface area contributed by atoms with Gasteiger partial charge in [-0.2, -0.15) is 4.31 Å². The lowest BCUT2D eigenvalue weighted by Gasteiger charge is -2.42. The van der Waals surface area contributed by atoms with E-state index < -0.39 is 30.4 Å². The summed E-state index contributed by atoms with van der Waals surface area (Å²) in [5.41, 5.74) is 3.28. The Morgan fingerprint density at radius 2 is 1.60 bits per heavy atom. The van der Waals surface area contributed by atoms with Gasteiger partial charge in [0.2, 0.25) is 10.0 Å². The number of halogens is 1. The van der Waals surface area contributed by atoms with Crippen molar-refractivity contribution in [1.82, 2.24) is 4.31 Å². The highest BCUT2D eigenvalue weighted by Gasteiger charge is 2.50. The van der Waals surface area contributed by atoms with Gasteiger partial charge in [0.05, 0.1) is 12.0 Å². The fourth-order valence-corrected chi connectivity index (χ4v) is 13.5. The first-order valence-electron chi connectivity index (χ1n) is 12.4. The van der Waals surface area contributed by atoms with Crippen LogP contribution in [0.3, 0.4) is 0 Å². The average Bonchev–Trinajstić information content (AvgIpc) is 3.16. The Kier molecular flexibility index (Phi) is 10.6. The zero-order chi connectivity index (χ0) is 26.7. The minimum absolute atomic E-state index is 0.177. The number of carbonyl (C=O) groups is 1. The molecule has 1 aliphatic rings. The maximum atomic E-state index is 13.7. The topological polar surface area (TPSA) is 72.9 Å². The van der Waals surface area contributed by atoms with Crippen molar-refractivity contribution >= 4 is 46.9 Å². The average molecular weight is 636 g/mol. The number of rotatable bonds is 10. The molecule has 0 amide bonds. The summed E-state index contributed by atoms with van der Waals surface area (Å²) < 4.78 is 41.6. The first kappa shape index (κ1) is 30.5. The van der Waals surface area contributed by atoms with Crippen molar-refractivity contribution in [2.75, 3.05) is 20.3 Å². The number of hydrogen-bond acceptors (Lipinski definition) is 5. The lowest BCUT2D eigenvalue weighted by atomic mass is 9.92. The van der Waals surface area contributed by atoms with E-state index in [1.807, 2.05) is 13.8 Å². The highest BCUT2D eigenvalue weighted by molar-refractivity contribution is 14.1. The number of hydrogen-bond donors (Lipinski definition) is 0. The quantitative estimate of drug-likeness (QED) is 0.168. The third kappa shape index (κ3) is 6.22. The molecule has 2 rings (SSSR count). The molecule has 1 aromatic carbocycles. The molecule has 1 saturated heterocycles. The van der Waals surface area contributed by atoms with Crippen LogP contribution in [-0.4, -0.2) is 53.3 Å². The summed E-state index contributed by atoms with van der Waals surface area (Å²) in [6.07, 6.45) is 0.566. The first-order chi connectivity index (χ1) is 16.2. The number of benzene rings is 1. The summed E-state index contributed by atoms with van der Waals surface area (Å²) in [5, 5.41) is 0. The second-order valence-corrected chi connectivity index (χ2v) is 19.4. The van der Waals surface area contributed by atoms with Crippen LogP contribution in [0.5, 0.6) is 0 Å². The SMILES string of the molecule is COC(=O)[C@@H]1[C@@H](CCO[Si](C(C)C)(C(C)C)C(C)C)/C(=C(/C)I)CN1S(=O)(=O)c1ccc(C)cc1. The summed E-state index contributed by atoms with van der Waals surface area (Å²) in [6, 6.07) is 5.83. The molecule has 2 atom stereocenters. The van der Waals surface area contributed by atoms with Crippen molar-refractivity contribution in [3.63, 3.8) is 0 Å². The standard InChI is InChI=1S/C26H42INO5SSi/c1-17(2)35(18(3)4,19(5)6)33-15-14-23-24(21(8)27)16-28(25(23)26(29)32-9)34(30,31)22-12-10-20(7)11-13-22/h10-13,17-19,23,25H,14-16H2,1-9H3/b24-21-/t23-,25-/m0/s1. The van der Waals surface area contributed by atoms with Gasteiger partial charge >= 0.3 is 5.97 Å². The van der Waals surface area contributed by atoms with Crippen molar-refractivity contribution < 1.29 is 22.4 Å². The van der Waals surface area contributed by atoms with Crippen LogP contribution in [0.1, 0.15) is 60.5 Å². The minimum Gasteiger partial charge on any atom is -0.468 e. The first-order valence-corrected chi connectivity index (χ1v) is 17.0. The van der Waals surface area contributed by atoms with Gasteiger partial charge in [-0.1, -0.05) is 59.2 Å². The van der Waals surface area contributed by atoms with Crippen molar-refractivity contribution in [3.05, 3.63) is 39.0 Å². The van der Waals surface area contributed by atoms with E-state index >= 15 is 0 Å². The number of nitrogens with zero attached hydrogens (tertiary/aromatic N) is 1. The van der Waals surface area contributed by atoms with Gasteiger partial charge in [-0.25, -0.2) is 8.42 Å². The number of carbonyl (C=O) groups excluding carboxylic acids is 1. The Balaban J connectivity index is 2.44. The van der Waals surface area contributed by atoms with Crippen LogP contribution in [0.4, 0.5) is 0 Å². The van der Waals surface area contributed by atoms with Crippen molar-refractivity contribution in [2.45, 2.75) is 89.4 Å². The van der Waals surface area contributed by atoms with Crippen LogP contribution < -0.4 is 0 Å². The molecule has 0 bridgehead atoms. The number of esters is 1. The number of ether oxygens (including phenoxy) is 1. The molecule has 0 saturated carbocycles. The summed E-state index contributed by atoms with van der Waals surface area (Å²) in [4.78, 5) is 13.2.